The number of ether oxygens (including phenoxy) is 1. The molecule has 1 aromatic carbocycles. The van der Waals surface area contributed by atoms with Gasteiger partial charge >= 0.3 is 6.09 Å². The maximum Gasteiger partial charge on any atom is 0.407 e. The van der Waals surface area contributed by atoms with Crippen molar-refractivity contribution in [1.82, 2.24) is 24.8 Å². The Kier molecular flexibility index (Phi) is 11.9. The molecule has 276 valence electrons. The number of anilines is 3. The van der Waals surface area contributed by atoms with Crippen molar-refractivity contribution in [3.8, 4) is 11.5 Å². The summed E-state index contributed by atoms with van der Waals surface area (Å²) >= 11 is 0. The first-order valence-electron chi connectivity index (χ1n) is 18.8. The number of fused-ring (bicyclic) bond motifs is 1. The highest BCUT2D eigenvalue weighted by atomic mass is 28.3. The van der Waals surface area contributed by atoms with Gasteiger partial charge in [-0.1, -0.05) is 47.5 Å². The third-order valence-electron chi connectivity index (χ3n) is 10.8. The molecule has 11 heteroatoms. The summed E-state index contributed by atoms with van der Waals surface area (Å²) in [5.41, 5.74) is 7.91. The number of benzene rings is 1. The van der Waals surface area contributed by atoms with E-state index in [2.05, 4.69) is 105 Å². The van der Waals surface area contributed by atoms with E-state index in [4.69, 9.17) is 14.7 Å². The van der Waals surface area contributed by atoms with E-state index in [1.54, 1.807) is 6.07 Å². The zero-order chi connectivity index (χ0) is 37.1. The molecule has 3 heterocycles. The molecule has 1 saturated heterocycles. The third-order valence-corrected chi connectivity index (χ3v) is 17.1. The minimum atomic E-state index is -2.05. The predicted octanol–water partition coefficient (Wildman–Crippen LogP) is 7.86. The Morgan fingerprint density at radius 2 is 1.55 bits per heavy atom. The van der Waals surface area contributed by atoms with Crippen molar-refractivity contribution in [2.45, 2.75) is 122 Å². The Bertz CT molecular complexity index is 1770. The molecule has 10 nitrogen and oxygen atoms in total. The van der Waals surface area contributed by atoms with Crippen molar-refractivity contribution in [2.75, 3.05) is 43.4 Å². The van der Waals surface area contributed by atoms with Crippen molar-refractivity contribution in [3.63, 3.8) is 0 Å². The number of hydrogen-bond acceptors (Lipinski definition) is 8. The topological polar surface area (TPSA) is 105 Å². The molecular weight excluding hydrogens is 655 g/mol. The minimum absolute atomic E-state index is 0.00920. The van der Waals surface area contributed by atoms with Crippen LogP contribution in [0.15, 0.2) is 41.3 Å². The number of carbonyl (C=O) groups excluding carboxylic acids is 1. The van der Waals surface area contributed by atoms with E-state index in [1.807, 2.05) is 31.5 Å². The largest absolute Gasteiger partial charge is 0.444 e. The lowest BCUT2D eigenvalue weighted by molar-refractivity contribution is 0.0488. The van der Waals surface area contributed by atoms with Crippen LogP contribution < -0.4 is 21.1 Å². The first-order chi connectivity index (χ1) is 24.1. The molecule has 0 radical (unpaired) electrons. The highest BCUT2D eigenvalue weighted by molar-refractivity contribution is 6.90. The lowest BCUT2D eigenvalue weighted by Gasteiger charge is -2.38. The number of pyridine rings is 1. The fraction of sp³-hybridized carbons (Fsp3) is 0.600. The van der Waals surface area contributed by atoms with E-state index < -0.39 is 19.8 Å². The predicted molar refractivity (Wildman–Crippen MR) is 212 cm³/mol. The van der Waals surface area contributed by atoms with Gasteiger partial charge in [-0.25, -0.2) is 9.78 Å². The molecule has 0 atom stereocenters. The molecular formula is C40H59N7O3Si. The van der Waals surface area contributed by atoms with Crippen molar-refractivity contribution in [3.05, 3.63) is 52.4 Å². The molecule has 51 heavy (non-hydrogen) atoms. The van der Waals surface area contributed by atoms with Crippen LogP contribution in [0.4, 0.5) is 22.1 Å². The van der Waals surface area contributed by atoms with E-state index in [0.717, 1.165) is 62.9 Å². The van der Waals surface area contributed by atoms with Gasteiger partial charge in [0.1, 0.15) is 19.3 Å². The second-order valence-corrected chi connectivity index (χ2v) is 22.0. The standard InChI is InChI=1S/C40H59N7O3Si/c1-27(2)51(28(3)4,29(5)6)24-19-30-25-36(48)47(34-17-13-32(14-18-34)43-39(49)50-40(7,8)9)37-35(30)26-41-38(44-37)42-31-11-15-33(16-12-31)46-22-20-45(10)21-23-46/h11-12,15-16,25-29,32,34H,13-14,17-18,20-23H2,1-10H3,(H,43,49)(H,41,42,44). The van der Waals surface area contributed by atoms with E-state index in [9.17, 15) is 9.59 Å². The number of nitrogens with one attached hydrogen (secondary N) is 2. The van der Waals surface area contributed by atoms with E-state index >= 15 is 0 Å². The first kappa shape index (κ1) is 38.4. The van der Waals surface area contributed by atoms with Gasteiger partial charge in [-0.15, -0.1) is 5.54 Å². The number of aromatic nitrogens is 3. The molecule has 1 saturated carbocycles. The van der Waals surface area contributed by atoms with Crippen molar-refractivity contribution in [1.29, 1.82) is 0 Å². The Morgan fingerprint density at radius 1 is 0.941 bits per heavy atom. The molecule has 2 N–H and O–H groups in total. The van der Waals surface area contributed by atoms with Crippen molar-refractivity contribution in [2.24, 2.45) is 0 Å². The highest BCUT2D eigenvalue weighted by Gasteiger charge is 2.41. The number of rotatable bonds is 8. The number of amides is 1. The van der Waals surface area contributed by atoms with Gasteiger partial charge in [0.15, 0.2) is 0 Å². The second-order valence-electron chi connectivity index (χ2n) is 16.5. The lowest BCUT2D eigenvalue weighted by atomic mass is 9.90. The van der Waals surface area contributed by atoms with Crippen LogP contribution in [0.5, 0.6) is 0 Å². The zero-order valence-electron chi connectivity index (χ0n) is 32.5. The molecule has 1 aliphatic carbocycles. The number of likely N-dealkylation sites (N-methyl/N-ethyl adjacent to an activating group) is 1. The summed E-state index contributed by atoms with van der Waals surface area (Å²) in [5, 5.41) is 7.20. The molecule has 5 rings (SSSR count). The Balaban J connectivity index is 1.49. The van der Waals surface area contributed by atoms with E-state index in [1.165, 1.54) is 5.69 Å². The van der Waals surface area contributed by atoms with Crippen LogP contribution in [-0.2, 0) is 4.74 Å². The fourth-order valence-electron chi connectivity index (χ4n) is 8.15. The maximum absolute atomic E-state index is 14.1. The van der Waals surface area contributed by atoms with Crippen LogP contribution in [0, 0.1) is 11.5 Å². The summed E-state index contributed by atoms with van der Waals surface area (Å²) in [4.78, 5) is 41.1. The van der Waals surface area contributed by atoms with Crippen molar-refractivity contribution >= 4 is 42.5 Å². The normalized spacial score (nSPS) is 19.0. The Morgan fingerprint density at radius 3 is 2.12 bits per heavy atom. The molecule has 0 bridgehead atoms. The number of nitrogens with zero attached hydrogens (tertiary/aromatic N) is 5. The summed E-state index contributed by atoms with van der Waals surface area (Å²) in [6.07, 6.45) is 4.35. The second kappa shape index (κ2) is 15.8. The molecule has 2 aromatic heterocycles. The minimum Gasteiger partial charge on any atom is -0.444 e. The molecule has 3 aromatic rings. The first-order valence-corrected chi connectivity index (χ1v) is 21.1. The molecule has 0 spiro atoms. The number of alkyl carbamates (subject to hydrolysis) is 1. The SMILES string of the molecule is CC(C)[Si](C#Cc1cc(=O)n(C2CCC(NC(=O)OC(C)(C)C)CC2)c2nc(Nc3ccc(N4CCN(C)CC4)cc3)ncc12)(C(C)C)C(C)C. The van der Waals surface area contributed by atoms with E-state index in [0.29, 0.717) is 33.8 Å². The van der Waals surface area contributed by atoms with Gasteiger partial charge in [0.2, 0.25) is 5.95 Å². The summed E-state index contributed by atoms with van der Waals surface area (Å²) in [7, 11) is 0.109. The van der Waals surface area contributed by atoms with E-state index in [-0.39, 0.29) is 17.6 Å². The quantitative estimate of drug-likeness (QED) is 0.180. The van der Waals surface area contributed by atoms with Crippen LogP contribution in [0.25, 0.3) is 11.0 Å². The van der Waals surface area contributed by atoms with Gasteiger partial charge in [0.25, 0.3) is 5.56 Å². The third kappa shape index (κ3) is 8.95. The lowest BCUT2D eigenvalue weighted by Crippen LogP contribution is -2.44. The zero-order valence-corrected chi connectivity index (χ0v) is 33.5. The summed E-state index contributed by atoms with van der Waals surface area (Å²) < 4.78 is 7.33. The molecule has 1 aliphatic heterocycles. The van der Waals surface area contributed by atoms with Crippen LogP contribution in [-0.4, -0.2) is 78.5 Å². The van der Waals surface area contributed by atoms with Gasteiger partial charge in [-0.2, -0.15) is 4.98 Å². The fourth-order valence-corrected chi connectivity index (χ4v) is 13.4. The highest BCUT2D eigenvalue weighted by Crippen LogP contribution is 2.41. The van der Waals surface area contributed by atoms with Gasteiger partial charge in [0.05, 0.1) is 5.39 Å². The molecule has 2 aliphatic rings. The smallest absolute Gasteiger partial charge is 0.407 e. The van der Waals surface area contributed by atoms with Gasteiger partial charge in [-0.05, 0) is 94.4 Å². The van der Waals surface area contributed by atoms with Gasteiger partial charge in [-0.3, -0.25) is 9.36 Å². The molecule has 1 amide bonds. The number of carbonyl (C=O) groups is 1. The molecule has 0 unspecified atom stereocenters. The van der Waals surface area contributed by atoms with Crippen LogP contribution in [0.2, 0.25) is 16.6 Å². The Hall–Kier alpha value is -3.88. The number of hydrogen-bond donors (Lipinski definition) is 2. The average Bonchev–Trinajstić information content (AvgIpc) is 3.05. The molecule has 2 fully saturated rings. The maximum atomic E-state index is 14.1. The van der Waals surface area contributed by atoms with Gasteiger partial charge in [0, 0.05) is 67.5 Å². The summed E-state index contributed by atoms with van der Waals surface area (Å²) in [5.74, 6) is 3.96. The van der Waals surface area contributed by atoms with Crippen LogP contribution >= 0.6 is 0 Å². The average molecular weight is 714 g/mol. The van der Waals surface area contributed by atoms with Crippen LogP contribution in [0.1, 0.15) is 99.6 Å². The monoisotopic (exact) mass is 713 g/mol. The van der Waals surface area contributed by atoms with Crippen molar-refractivity contribution < 1.29 is 9.53 Å². The number of piperazine rings is 1. The Labute approximate surface area is 305 Å². The van der Waals surface area contributed by atoms with Gasteiger partial charge < -0.3 is 25.2 Å². The summed E-state index contributed by atoms with van der Waals surface area (Å²) in [6, 6.07) is 10.00. The summed E-state index contributed by atoms with van der Waals surface area (Å²) in [6.45, 7) is 23.5. The van der Waals surface area contributed by atoms with Crippen LogP contribution in [0.3, 0.4) is 0 Å².